The van der Waals surface area contributed by atoms with Crippen molar-refractivity contribution >= 4 is 5.90 Å². The van der Waals surface area contributed by atoms with Crippen LogP contribution in [0.4, 0.5) is 0 Å². The summed E-state index contributed by atoms with van der Waals surface area (Å²) in [4.78, 5) is 0. The molecule has 1 unspecified atom stereocenters. The number of hydrogen-bond acceptors (Lipinski definition) is 5. The highest BCUT2D eigenvalue weighted by Crippen LogP contribution is 2.48. The van der Waals surface area contributed by atoms with Crippen LogP contribution in [0.3, 0.4) is 0 Å². The average Bonchev–Trinajstić information content (AvgIpc) is 3.10. The number of hydrogen-bond donors (Lipinski definition) is 3. The van der Waals surface area contributed by atoms with Crippen LogP contribution in [0.15, 0.2) is 0 Å². The molecule has 2 saturated heterocycles. The van der Waals surface area contributed by atoms with Gasteiger partial charge in [0.05, 0.1) is 25.2 Å². The third-order valence-electron chi connectivity index (χ3n) is 5.70. The first kappa shape index (κ1) is 22.4. The van der Waals surface area contributed by atoms with E-state index in [2.05, 4.69) is 26.1 Å². The molecule has 0 aromatic heterocycles. The second-order valence-electron chi connectivity index (χ2n) is 7.81. The van der Waals surface area contributed by atoms with Gasteiger partial charge in [-0.05, 0) is 6.42 Å². The summed E-state index contributed by atoms with van der Waals surface area (Å²) >= 11 is 0. The van der Waals surface area contributed by atoms with Gasteiger partial charge in [0.15, 0.2) is 5.90 Å². The number of aliphatic hydroxyl groups excluding tert-OH is 1. The Bertz CT molecular complexity index is 367. The average molecular weight is 357 g/mol. The van der Waals surface area contributed by atoms with Crippen molar-refractivity contribution in [3.8, 4) is 0 Å². The molecule has 25 heavy (non-hydrogen) atoms. The van der Waals surface area contributed by atoms with Gasteiger partial charge < -0.3 is 19.9 Å². The largest absolute Gasteiger partial charge is 0.475 e. The Labute approximate surface area is 154 Å². The minimum Gasteiger partial charge on any atom is -0.475 e. The Morgan fingerprint density at radius 3 is 2.28 bits per heavy atom. The Morgan fingerprint density at radius 2 is 1.76 bits per heavy atom. The number of unbranched alkanes of at least 4 members (excludes halogenated alkanes) is 5. The molecule has 0 saturated carbocycles. The molecule has 0 aromatic rings. The van der Waals surface area contributed by atoms with E-state index in [0.717, 1.165) is 13.1 Å². The van der Waals surface area contributed by atoms with Crippen LogP contribution < -0.4 is 5.32 Å². The predicted octanol–water partition coefficient (Wildman–Crippen LogP) is 3.74. The molecule has 2 fully saturated rings. The highest BCUT2D eigenvalue weighted by molar-refractivity contribution is 5.82. The van der Waals surface area contributed by atoms with E-state index in [-0.39, 0.29) is 29.4 Å². The Morgan fingerprint density at radius 1 is 1.12 bits per heavy atom. The van der Waals surface area contributed by atoms with Crippen LogP contribution in [0.2, 0.25) is 0 Å². The lowest BCUT2D eigenvalue weighted by Crippen LogP contribution is -2.46. The maximum atomic E-state index is 9.15. The normalized spacial score (nSPS) is 28.8. The molecule has 148 valence electrons. The lowest BCUT2D eigenvalue weighted by molar-refractivity contribution is 0.0754. The van der Waals surface area contributed by atoms with E-state index in [4.69, 9.17) is 20.0 Å². The first-order chi connectivity index (χ1) is 12.0. The summed E-state index contributed by atoms with van der Waals surface area (Å²) in [6.45, 7) is 11.3. The van der Waals surface area contributed by atoms with Crippen LogP contribution >= 0.6 is 0 Å². The van der Waals surface area contributed by atoms with E-state index in [1.807, 2.05) is 6.92 Å². The van der Waals surface area contributed by atoms with Crippen LogP contribution in [-0.2, 0) is 9.47 Å². The maximum Gasteiger partial charge on any atom is 0.191 e. The molecule has 0 radical (unpaired) electrons. The van der Waals surface area contributed by atoms with Crippen molar-refractivity contribution in [2.45, 2.75) is 78.7 Å². The Hall–Kier alpha value is -0.650. The molecule has 2 aliphatic rings. The molecule has 0 bridgehead atoms. The van der Waals surface area contributed by atoms with Crippen molar-refractivity contribution in [3.63, 3.8) is 0 Å². The summed E-state index contributed by atoms with van der Waals surface area (Å²) < 4.78 is 11.2. The van der Waals surface area contributed by atoms with Gasteiger partial charge in [-0.2, -0.15) is 0 Å². The van der Waals surface area contributed by atoms with Gasteiger partial charge in [-0.15, -0.1) is 0 Å². The van der Waals surface area contributed by atoms with Crippen molar-refractivity contribution in [2.24, 2.45) is 10.8 Å². The zero-order valence-corrected chi connectivity index (χ0v) is 16.8. The van der Waals surface area contributed by atoms with Crippen LogP contribution in [0.1, 0.15) is 72.6 Å². The summed E-state index contributed by atoms with van der Waals surface area (Å²) in [6.07, 6.45) is 8.92. The van der Waals surface area contributed by atoms with Crippen LogP contribution in [0, 0.1) is 16.2 Å². The van der Waals surface area contributed by atoms with Gasteiger partial charge in [0.2, 0.25) is 0 Å². The molecule has 0 aliphatic carbocycles. The summed E-state index contributed by atoms with van der Waals surface area (Å²) in [6, 6.07) is 0. The van der Waals surface area contributed by atoms with Gasteiger partial charge in [-0.1, -0.05) is 66.2 Å². The van der Waals surface area contributed by atoms with Crippen molar-refractivity contribution in [3.05, 3.63) is 0 Å². The molecule has 3 atom stereocenters. The van der Waals surface area contributed by atoms with E-state index in [1.165, 1.54) is 38.5 Å². The minimum atomic E-state index is -0.352. The zero-order chi connectivity index (χ0) is 18.8. The number of nitrogens with one attached hydrogen (secondary N) is 2. The molecule has 3 N–H and O–H groups in total. The lowest BCUT2D eigenvalue weighted by Gasteiger charge is -2.35. The van der Waals surface area contributed by atoms with Gasteiger partial charge in [0.1, 0.15) is 6.10 Å². The number of fused-ring (bicyclic) bond motifs is 1. The molecule has 0 amide bonds. The summed E-state index contributed by atoms with van der Waals surface area (Å²) in [5.41, 5.74) is -0.409. The molecule has 2 heterocycles. The lowest BCUT2D eigenvalue weighted by atomic mass is 9.69. The molecule has 2 aliphatic heterocycles. The van der Waals surface area contributed by atoms with Crippen molar-refractivity contribution in [1.29, 1.82) is 5.41 Å². The standard InChI is InChI=1S/C12H22N2O3.C8H18/c1-3-9(4-15)17-10(13)12-6-14-5-11(12,2)7-16-8-12;1-3-5-7-8-6-4-2/h9,13-15H,3-8H2,1-2H3;3-8H2,1-2H3/t9?,11-,12+;/m0./s1. The smallest absolute Gasteiger partial charge is 0.191 e. The van der Waals surface area contributed by atoms with Gasteiger partial charge in [-0.25, -0.2) is 0 Å². The fraction of sp³-hybridized carbons (Fsp3) is 0.950. The molecule has 0 spiro atoms. The van der Waals surface area contributed by atoms with Crippen molar-refractivity contribution in [1.82, 2.24) is 5.32 Å². The van der Waals surface area contributed by atoms with E-state index in [9.17, 15) is 0 Å². The monoisotopic (exact) mass is 356 g/mol. The first-order valence-electron chi connectivity index (χ1n) is 10.1. The van der Waals surface area contributed by atoms with Crippen molar-refractivity contribution in [2.75, 3.05) is 32.9 Å². The highest BCUT2D eigenvalue weighted by Gasteiger charge is 2.60. The Kier molecular flexibility index (Phi) is 9.98. The van der Waals surface area contributed by atoms with Crippen LogP contribution in [0.25, 0.3) is 0 Å². The molecule has 0 aromatic carbocycles. The third-order valence-corrected chi connectivity index (χ3v) is 5.70. The molecular formula is C20H40N2O3. The maximum absolute atomic E-state index is 9.15. The SMILES string of the molecule is CCC(CO)OC(=N)[C@]12CNC[C@@]1(C)COC2.CCCCCCCC. The van der Waals surface area contributed by atoms with Gasteiger partial charge in [-0.3, -0.25) is 5.41 Å². The summed E-state index contributed by atoms with van der Waals surface area (Å²) in [7, 11) is 0. The van der Waals surface area contributed by atoms with E-state index >= 15 is 0 Å². The van der Waals surface area contributed by atoms with E-state index in [1.54, 1.807) is 0 Å². The van der Waals surface area contributed by atoms with Gasteiger partial charge >= 0.3 is 0 Å². The summed E-state index contributed by atoms with van der Waals surface area (Å²) in [5, 5.41) is 20.7. The third kappa shape index (κ3) is 5.66. The second-order valence-corrected chi connectivity index (χ2v) is 7.81. The minimum absolute atomic E-state index is 0.0417. The zero-order valence-electron chi connectivity index (χ0n) is 16.8. The fourth-order valence-corrected chi connectivity index (χ4v) is 3.60. The van der Waals surface area contributed by atoms with Crippen LogP contribution in [0.5, 0.6) is 0 Å². The van der Waals surface area contributed by atoms with E-state index in [0.29, 0.717) is 19.6 Å². The first-order valence-corrected chi connectivity index (χ1v) is 10.1. The topological polar surface area (TPSA) is 74.6 Å². The fourth-order valence-electron chi connectivity index (χ4n) is 3.60. The number of aliphatic hydroxyl groups is 1. The molecule has 5 heteroatoms. The quantitative estimate of drug-likeness (QED) is 0.334. The van der Waals surface area contributed by atoms with Gasteiger partial charge in [0.25, 0.3) is 0 Å². The van der Waals surface area contributed by atoms with Crippen LogP contribution in [-0.4, -0.2) is 50.0 Å². The van der Waals surface area contributed by atoms with E-state index < -0.39 is 0 Å². The van der Waals surface area contributed by atoms with Gasteiger partial charge in [0, 0.05) is 18.5 Å². The number of rotatable bonds is 9. The molecule has 2 rings (SSSR count). The predicted molar refractivity (Wildman–Crippen MR) is 103 cm³/mol. The highest BCUT2D eigenvalue weighted by atomic mass is 16.5. The molecular weight excluding hydrogens is 316 g/mol. The number of ether oxygens (including phenoxy) is 2. The molecule has 5 nitrogen and oxygen atoms in total. The Balaban J connectivity index is 0.000000333. The second kappa shape index (κ2) is 11.1. The summed E-state index contributed by atoms with van der Waals surface area (Å²) in [5.74, 6) is 0.267. The van der Waals surface area contributed by atoms with Crippen molar-refractivity contribution < 1.29 is 14.6 Å².